The molecule has 0 aliphatic heterocycles. The average molecular weight is 197 g/mol. The van der Waals surface area contributed by atoms with Crippen molar-refractivity contribution in [3.63, 3.8) is 0 Å². The van der Waals surface area contributed by atoms with Gasteiger partial charge in [-0.15, -0.1) is 0 Å². The molecule has 0 unspecified atom stereocenters. The molecule has 0 fully saturated rings. The molecule has 0 aliphatic rings. The largest absolute Gasteiger partial charge is 0.495 e. The second-order valence-corrected chi connectivity index (χ2v) is 2.68. The summed E-state index contributed by atoms with van der Waals surface area (Å²) in [6, 6.07) is 1.36. The van der Waals surface area contributed by atoms with Crippen molar-refractivity contribution >= 4 is 12.6 Å². The molecule has 0 spiro atoms. The fourth-order valence-electron chi connectivity index (χ4n) is 1.10. The quantitative estimate of drug-likeness (QED) is 0.659. The van der Waals surface area contributed by atoms with Gasteiger partial charge in [-0.3, -0.25) is 4.98 Å². The zero-order valence-electron chi connectivity index (χ0n) is 8.37. The molecule has 1 heterocycles. The van der Waals surface area contributed by atoms with E-state index in [1.165, 1.54) is 6.07 Å². The highest BCUT2D eigenvalue weighted by molar-refractivity contribution is 6.61. The SMILES string of the molecule is CCOB(OCC)c1cncc(F)c1. The first-order chi connectivity index (χ1) is 6.77. The van der Waals surface area contributed by atoms with Crippen LogP contribution in [0.15, 0.2) is 18.5 Å². The molecular weight excluding hydrogens is 184 g/mol. The molecule has 0 aliphatic carbocycles. The number of pyridine rings is 1. The van der Waals surface area contributed by atoms with E-state index in [4.69, 9.17) is 9.31 Å². The van der Waals surface area contributed by atoms with E-state index in [1.54, 1.807) is 6.20 Å². The van der Waals surface area contributed by atoms with E-state index < -0.39 is 7.12 Å². The number of hydrogen-bond donors (Lipinski definition) is 0. The number of halogens is 1. The highest BCUT2D eigenvalue weighted by atomic mass is 19.1. The summed E-state index contributed by atoms with van der Waals surface area (Å²) >= 11 is 0. The van der Waals surface area contributed by atoms with E-state index >= 15 is 0 Å². The van der Waals surface area contributed by atoms with Crippen LogP contribution < -0.4 is 5.46 Å². The Hall–Kier alpha value is -0.935. The van der Waals surface area contributed by atoms with E-state index in [9.17, 15) is 4.39 Å². The van der Waals surface area contributed by atoms with Crippen molar-refractivity contribution in [1.29, 1.82) is 0 Å². The lowest BCUT2D eigenvalue weighted by atomic mass is 9.80. The Morgan fingerprint density at radius 1 is 1.29 bits per heavy atom. The van der Waals surface area contributed by atoms with E-state index in [-0.39, 0.29) is 5.82 Å². The van der Waals surface area contributed by atoms with Gasteiger partial charge in [-0.1, -0.05) is 0 Å². The van der Waals surface area contributed by atoms with Gasteiger partial charge in [-0.05, 0) is 19.9 Å². The maximum atomic E-state index is 12.8. The molecule has 0 radical (unpaired) electrons. The zero-order valence-corrected chi connectivity index (χ0v) is 8.37. The molecule has 0 aromatic carbocycles. The van der Waals surface area contributed by atoms with Gasteiger partial charge in [0.25, 0.3) is 0 Å². The van der Waals surface area contributed by atoms with Gasteiger partial charge >= 0.3 is 7.12 Å². The molecule has 0 bridgehead atoms. The lowest BCUT2D eigenvalue weighted by Crippen LogP contribution is -2.37. The third-order valence-electron chi connectivity index (χ3n) is 1.63. The lowest BCUT2D eigenvalue weighted by Gasteiger charge is -2.11. The van der Waals surface area contributed by atoms with E-state index in [1.807, 2.05) is 13.8 Å². The van der Waals surface area contributed by atoms with Crippen LogP contribution in [0.3, 0.4) is 0 Å². The van der Waals surface area contributed by atoms with Crippen LogP contribution in [0.25, 0.3) is 0 Å². The van der Waals surface area contributed by atoms with Gasteiger partial charge in [0, 0.05) is 24.9 Å². The first kappa shape index (κ1) is 11.1. The van der Waals surface area contributed by atoms with Crippen molar-refractivity contribution in [3.8, 4) is 0 Å². The van der Waals surface area contributed by atoms with Crippen LogP contribution in [0.5, 0.6) is 0 Å². The van der Waals surface area contributed by atoms with Crippen molar-refractivity contribution in [3.05, 3.63) is 24.3 Å². The Labute approximate surface area is 83.4 Å². The van der Waals surface area contributed by atoms with Gasteiger partial charge in [-0.2, -0.15) is 0 Å². The fraction of sp³-hybridized carbons (Fsp3) is 0.444. The smallest absolute Gasteiger partial charge is 0.408 e. The second-order valence-electron chi connectivity index (χ2n) is 2.68. The molecule has 1 rings (SSSR count). The minimum Gasteiger partial charge on any atom is -0.408 e. The van der Waals surface area contributed by atoms with E-state index in [0.717, 1.165) is 6.20 Å². The second kappa shape index (κ2) is 5.72. The fourth-order valence-corrected chi connectivity index (χ4v) is 1.10. The zero-order chi connectivity index (χ0) is 10.4. The summed E-state index contributed by atoms with van der Waals surface area (Å²) in [5.41, 5.74) is 0.605. The van der Waals surface area contributed by atoms with Crippen LogP contribution >= 0.6 is 0 Å². The molecule has 0 saturated carbocycles. The minimum atomic E-state index is -0.520. The maximum absolute atomic E-state index is 12.8. The third kappa shape index (κ3) is 3.08. The highest BCUT2D eigenvalue weighted by Crippen LogP contribution is 1.95. The summed E-state index contributed by atoms with van der Waals surface area (Å²) in [4.78, 5) is 3.73. The number of rotatable bonds is 5. The monoisotopic (exact) mass is 197 g/mol. The number of hydrogen-bond acceptors (Lipinski definition) is 3. The summed E-state index contributed by atoms with van der Waals surface area (Å²) in [5, 5.41) is 0. The summed E-state index contributed by atoms with van der Waals surface area (Å²) < 4.78 is 23.4. The van der Waals surface area contributed by atoms with Gasteiger partial charge in [0.2, 0.25) is 0 Å². The van der Waals surface area contributed by atoms with Crippen molar-refractivity contribution in [2.45, 2.75) is 13.8 Å². The molecule has 1 aromatic heterocycles. The summed E-state index contributed by atoms with van der Waals surface area (Å²) in [6.45, 7) is 4.75. The van der Waals surface area contributed by atoms with Gasteiger partial charge in [-0.25, -0.2) is 4.39 Å². The average Bonchev–Trinajstić information content (AvgIpc) is 2.17. The molecule has 5 heteroatoms. The van der Waals surface area contributed by atoms with Gasteiger partial charge in [0.15, 0.2) is 0 Å². The molecule has 0 saturated heterocycles. The van der Waals surface area contributed by atoms with Crippen LogP contribution in [0.2, 0.25) is 0 Å². The highest BCUT2D eigenvalue weighted by Gasteiger charge is 2.20. The maximum Gasteiger partial charge on any atom is 0.495 e. The van der Waals surface area contributed by atoms with Crippen molar-refractivity contribution in [2.75, 3.05) is 13.2 Å². The van der Waals surface area contributed by atoms with E-state index in [0.29, 0.717) is 18.7 Å². The van der Waals surface area contributed by atoms with Crippen LogP contribution in [0.4, 0.5) is 4.39 Å². The molecule has 14 heavy (non-hydrogen) atoms. The van der Waals surface area contributed by atoms with Gasteiger partial charge in [0.1, 0.15) is 5.82 Å². The van der Waals surface area contributed by atoms with Crippen LogP contribution in [0, 0.1) is 5.82 Å². The molecule has 76 valence electrons. The lowest BCUT2D eigenvalue weighted by molar-refractivity contribution is 0.225. The molecule has 0 N–H and O–H groups in total. The van der Waals surface area contributed by atoms with Crippen molar-refractivity contribution in [2.24, 2.45) is 0 Å². The Morgan fingerprint density at radius 3 is 2.43 bits per heavy atom. The molecule has 0 amide bonds. The number of nitrogens with zero attached hydrogens (tertiary/aromatic N) is 1. The van der Waals surface area contributed by atoms with Crippen molar-refractivity contribution in [1.82, 2.24) is 4.98 Å². The van der Waals surface area contributed by atoms with E-state index in [2.05, 4.69) is 4.98 Å². The van der Waals surface area contributed by atoms with Gasteiger partial charge < -0.3 is 9.31 Å². The normalized spacial score (nSPS) is 10.2. The summed E-state index contributed by atoms with van der Waals surface area (Å²) in [6.07, 6.45) is 2.69. The predicted octanol–water partition coefficient (Wildman–Crippen LogP) is 0.989. The first-order valence-corrected chi connectivity index (χ1v) is 4.61. The Bertz CT molecular complexity index is 279. The van der Waals surface area contributed by atoms with Crippen LogP contribution in [-0.4, -0.2) is 25.3 Å². The molecule has 1 aromatic rings. The topological polar surface area (TPSA) is 31.4 Å². The molecule has 3 nitrogen and oxygen atoms in total. The summed E-state index contributed by atoms with van der Waals surface area (Å²) in [5.74, 6) is -0.382. The molecular formula is C9H13BFNO2. The van der Waals surface area contributed by atoms with Crippen LogP contribution in [-0.2, 0) is 9.31 Å². The third-order valence-corrected chi connectivity index (χ3v) is 1.63. The summed E-state index contributed by atoms with van der Waals surface area (Å²) in [7, 11) is -0.520. The first-order valence-electron chi connectivity index (χ1n) is 4.61. The molecule has 0 atom stereocenters. The van der Waals surface area contributed by atoms with Gasteiger partial charge in [0.05, 0.1) is 6.20 Å². The Kier molecular flexibility index (Phi) is 4.55. The Balaban J connectivity index is 2.75. The Morgan fingerprint density at radius 2 is 1.93 bits per heavy atom. The predicted molar refractivity (Wildman–Crippen MR) is 52.8 cm³/mol. The number of aromatic nitrogens is 1. The standard InChI is InChI=1S/C9H13BFNO2/c1-3-13-10(14-4-2)8-5-9(11)7-12-6-8/h5-7H,3-4H2,1-2H3. The van der Waals surface area contributed by atoms with Crippen LogP contribution in [0.1, 0.15) is 13.8 Å². The van der Waals surface area contributed by atoms with Crippen molar-refractivity contribution < 1.29 is 13.7 Å². The minimum absolute atomic E-state index is 0.382.